The van der Waals surface area contributed by atoms with E-state index in [2.05, 4.69) is 0 Å². The van der Waals surface area contributed by atoms with Crippen LogP contribution in [0.25, 0.3) is 0 Å². The van der Waals surface area contributed by atoms with Gasteiger partial charge in [-0.3, -0.25) is 14.4 Å². The second kappa shape index (κ2) is 14.5. The van der Waals surface area contributed by atoms with Crippen molar-refractivity contribution >= 4 is 17.3 Å². The molecule has 0 bridgehead atoms. The molecule has 3 N–H and O–H groups in total. The Morgan fingerprint density at radius 2 is 0.645 bits per heavy atom. The Kier molecular flexibility index (Phi) is 16.8. The zero-order valence-electron chi connectivity index (χ0n) is 15.6. The summed E-state index contributed by atoms with van der Waals surface area (Å²) in [5.74, 6) is -8.10. The normalized spacial score (nSPS) is 13.0. The minimum absolute atomic E-state index is 0. The molecule has 31 heavy (non-hydrogen) atoms. The Labute approximate surface area is 179 Å². The first-order valence-corrected chi connectivity index (χ1v) is 6.97. The van der Waals surface area contributed by atoms with E-state index < -0.39 is 53.2 Å². The van der Waals surface area contributed by atoms with Crippen LogP contribution in [0.4, 0.5) is 39.5 Å². The second-order valence-corrected chi connectivity index (χ2v) is 4.91. The first-order valence-electron chi connectivity index (χ1n) is 6.97. The van der Waals surface area contributed by atoms with Crippen LogP contribution in [-0.4, -0.2) is 51.2 Å². The smallest absolute Gasteiger partial charge is 0.448 e. The van der Waals surface area contributed by atoms with Crippen LogP contribution in [-0.2, 0) is 31.7 Å². The number of hydrogen-bond acceptors (Lipinski definition) is 6. The summed E-state index contributed by atoms with van der Waals surface area (Å²) in [5, 5.41) is 24.2. The summed E-state index contributed by atoms with van der Waals surface area (Å²) in [6.45, 7) is 2.76. The van der Waals surface area contributed by atoms with Crippen molar-refractivity contribution in [3.8, 4) is 0 Å². The molecule has 0 saturated carbocycles. The van der Waals surface area contributed by atoms with Crippen molar-refractivity contribution in [1.29, 1.82) is 0 Å². The number of aliphatic hydroxyl groups excluding tert-OH is 3. The number of rotatable bonds is 3. The minimum atomic E-state index is -4.81. The third-order valence-corrected chi connectivity index (χ3v) is 1.89. The maximum absolute atomic E-state index is 11.3. The van der Waals surface area contributed by atoms with Crippen molar-refractivity contribution in [2.75, 3.05) is 0 Å². The van der Waals surface area contributed by atoms with Gasteiger partial charge in [0.15, 0.2) is 17.3 Å². The quantitative estimate of drug-likeness (QED) is 0.285. The Bertz CT molecular complexity index is 606. The molecule has 0 aromatic rings. The predicted octanol–water partition coefficient (Wildman–Crippen LogP) is 4.74. The third-order valence-electron chi connectivity index (χ3n) is 1.89. The molecule has 0 aliphatic rings. The summed E-state index contributed by atoms with van der Waals surface area (Å²) in [4.78, 5) is 29.9. The summed E-state index contributed by atoms with van der Waals surface area (Å²) >= 11 is 0. The molecule has 0 spiro atoms. The van der Waals surface area contributed by atoms with E-state index in [1.54, 1.807) is 0 Å². The van der Waals surface area contributed by atoms with Gasteiger partial charge in [0.1, 0.15) is 0 Å². The number of hydrogen-bond donors (Lipinski definition) is 3. The molecule has 0 aliphatic carbocycles. The van der Waals surface area contributed by atoms with Gasteiger partial charge < -0.3 is 15.3 Å². The molecule has 0 amide bonds. The van der Waals surface area contributed by atoms with E-state index in [0.29, 0.717) is 0 Å². The molecule has 0 aromatic carbocycles. The molecule has 0 saturated heterocycles. The second-order valence-electron chi connectivity index (χ2n) is 4.91. The van der Waals surface area contributed by atoms with Crippen molar-refractivity contribution in [1.82, 2.24) is 0 Å². The summed E-state index contributed by atoms with van der Waals surface area (Å²) in [5.41, 5.74) is 0. The Balaban J connectivity index is -0.000000174. The fourth-order valence-electron chi connectivity index (χ4n) is 0.823. The van der Waals surface area contributed by atoms with E-state index in [-0.39, 0.29) is 35.6 Å². The summed E-state index contributed by atoms with van der Waals surface area (Å²) in [6, 6.07) is 0. The van der Waals surface area contributed by atoms with Crippen LogP contribution in [0.1, 0.15) is 20.8 Å². The molecule has 0 unspecified atom stereocenters. The van der Waals surface area contributed by atoms with Crippen LogP contribution in [0.5, 0.6) is 0 Å². The molecule has 0 aromatic heterocycles. The molecule has 0 fully saturated rings. The number of aliphatic hydroxyl groups is 3. The SMILES string of the molecule is CC(=O)C=C(O)C(F)(F)F.CC(=O)C=C(O)C(F)(F)F.CC(=O)C=C(O)C(F)(F)F.[Cr]. The van der Waals surface area contributed by atoms with Gasteiger partial charge >= 0.3 is 18.5 Å². The Hall–Kier alpha value is -2.47. The number of carbonyl (C=O) groups is 3. The van der Waals surface area contributed by atoms with E-state index >= 15 is 0 Å². The summed E-state index contributed by atoms with van der Waals surface area (Å²) in [6.07, 6.45) is -14.1. The summed E-state index contributed by atoms with van der Waals surface area (Å²) < 4.78 is 102. The van der Waals surface area contributed by atoms with Crippen LogP contribution in [0, 0.1) is 0 Å². The van der Waals surface area contributed by atoms with Gasteiger partial charge in [0.05, 0.1) is 0 Å². The van der Waals surface area contributed by atoms with Crippen LogP contribution in [0.3, 0.4) is 0 Å². The van der Waals surface area contributed by atoms with Crippen LogP contribution in [0.2, 0.25) is 0 Å². The Morgan fingerprint density at radius 3 is 0.677 bits per heavy atom. The van der Waals surface area contributed by atoms with E-state index in [1.807, 2.05) is 0 Å². The maximum Gasteiger partial charge on any atom is 0.448 e. The third kappa shape index (κ3) is 23.7. The molecular weight excluding hydrogens is 499 g/mol. The number of alkyl halides is 9. The molecule has 0 atom stereocenters. The van der Waals surface area contributed by atoms with E-state index in [9.17, 15) is 53.9 Å². The summed E-state index contributed by atoms with van der Waals surface area (Å²) in [7, 11) is 0. The predicted molar refractivity (Wildman–Crippen MR) is 82.3 cm³/mol. The maximum atomic E-state index is 11.3. The van der Waals surface area contributed by atoms with Gasteiger partial charge in [-0.05, 0) is 20.8 Å². The minimum Gasteiger partial charge on any atom is -0.504 e. The van der Waals surface area contributed by atoms with Crippen molar-refractivity contribution in [2.24, 2.45) is 0 Å². The van der Waals surface area contributed by atoms with E-state index in [0.717, 1.165) is 20.8 Å². The topological polar surface area (TPSA) is 112 Å². The number of carbonyl (C=O) groups excluding carboxylic acids is 3. The zero-order valence-corrected chi connectivity index (χ0v) is 16.9. The number of halogens is 9. The molecule has 0 rings (SSSR count). The van der Waals surface area contributed by atoms with Crippen LogP contribution >= 0.6 is 0 Å². The number of allylic oxidation sites excluding steroid dienone is 6. The molecule has 16 heteroatoms. The average molecular weight is 514 g/mol. The fourth-order valence-corrected chi connectivity index (χ4v) is 0.823. The van der Waals surface area contributed by atoms with Gasteiger partial charge in [0.2, 0.25) is 17.3 Å². The monoisotopic (exact) mass is 514 g/mol. The largest absolute Gasteiger partial charge is 0.504 e. The van der Waals surface area contributed by atoms with Crippen LogP contribution in [0.15, 0.2) is 35.5 Å². The first kappa shape index (κ1) is 35.9. The number of ketones is 3. The van der Waals surface area contributed by atoms with Gasteiger partial charge in [-0.15, -0.1) is 0 Å². The van der Waals surface area contributed by atoms with Crippen molar-refractivity contribution in [3.63, 3.8) is 0 Å². The first-order chi connectivity index (χ1) is 13.0. The molecule has 180 valence electrons. The van der Waals surface area contributed by atoms with Gasteiger partial charge in [-0.25, -0.2) is 0 Å². The zero-order chi connectivity index (χ0) is 25.1. The van der Waals surface area contributed by atoms with E-state index in [1.165, 1.54) is 0 Å². The van der Waals surface area contributed by atoms with E-state index in [4.69, 9.17) is 15.3 Å². The molecular formula is C15H15CrF9O6. The standard InChI is InChI=1S/3C5H5F3O2.Cr/c3*1-3(9)2-4(10)5(6,7)8;/h3*2,10H,1H3;. The molecule has 6 nitrogen and oxygen atoms in total. The van der Waals surface area contributed by atoms with Crippen molar-refractivity contribution in [3.05, 3.63) is 35.5 Å². The molecule has 0 aliphatic heterocycles. The fraction of sp³-hybridized carbons (Fsp3) is 0.400. The van der Waals surface area contributed by atoms with Crippen LogP contribution < -0.4 is 0 Å². The van der Waals surface area contributed by atoms with Gasteiger partial charge in [-0.1, -0.05) is 0 Å². The van der Waals surface area contributed by atoms with Crippen molar-refractivity contribution < 1.29 is 86.6 Å². The molecule has 0 radical (unpaired) electrons. The average Bonchev–Trinajstić information content (AvgIpc) is 2.43. The van der Waals surface area contributed by atoms with Gasteiger partial charge in [0, 0.05) is 35.6 Å². The Morgan fingerprint density at radius 1 is 0.516 bits per heavy atom. The van der Waals surface area contributed by atoms with Crippen molar-refractivity contribution in [2.45, 2.75) is 39.3 Å². The molecule has 0 heterocycles. The van der Waals surface area contributed by atoms with Gasteiger partial charge in [-0.2, -0.15) is 39.5 Å². The van der Waals surface area contributed by atoms with Gasteiger partial charge in [0.25, 0.3) is 0 Å².